The number of hydrogen-bond donors (Lipinski definition) is 3. The summed E-state index contributed by atoms with van der Waals surface area (Å²) >= 11 is 0. The minimum absolute atomic E-state index is 0.553. The highest BCUT2D eigenvalue weighted by atomic mass is 19.4. The van der Waals surface area contributed by atoms with Gasteiger partial charge in [0.05, 0.1) is 5.56 Å². The molecular weight excluding hydrogens is 491 g/mol. The predicted molar refractivity (Wildman–Crippen MR) is 98.7 cm³/mol. The summed E-state index contributed by atoms with van der Waals surface area (Å²) in [6, 6.07) is 6.63. The van der Waals surface area contributed by atoms with Gasteiger partial charge in [-0.3, -0.25) is 14.5 Å². The Hall–Kier alpha value is -2.55. The summed E-state index contributed by atoms with van der Waals surface area (Å²) in [5.74, 6) is -3.70. The SMILES string of the molecule is FC(F)(F)c1ccc(CN2C[C@@H]3C[C@H]2CN3)cc1.O=C(O)CC(F)(F)F.O=C(O)CC(F)(F)F. The number of carbonyl (C=O) groups is 2. The van der Waals surface area contributed by atoms with E-state index in [1.54, 1.807) is 12.1 Å². The lowest BCUT2D eigenvalue weighted by Crippen LogP contribution is -2.42. The summed E-state index contributed by atoms with van der Waals surface area (Å²) in [6.45, 7) is 2.76. The molecule has 3 rings (SSSR count). The average molecular weight is 512 g/mol. The molecule has 0 saturated carbocycles. The first-order valence-corrected chi connectivity index (χ1v) is 9.56. The molecule has 15 heteroatoms. The van der Waals surface area contributed by atoms with Gasteiger partial charge < -0.3 is 15.5 Å². The Balaban J connectivity index is 0.000000304. The Bertz CT molecular complexity index is 782. The number of rotatable bonds is 4. The van der Waals surface area contributed by atoms with Gasteiger partial charge in [-0.15, -0.1) is 0 Å². The van der Waals surface area contributed by atoms with Crippen LogP contribution >= 0.6 is 0 Å². The summed E-state index contributed by atoms with van der Waals surface area (Å²) in [4.78, 5) is 20.9. The first-order chi connectivity index (χ1) is 15.4. The summed E-state index contributed by atoms with van der Waals surface area (Å²) in [5.41, 5.74) is 0.381. The third-order valence-corrected chi connectivity index (χ3v) is 4.54. The fourth-order valence-electron chi connectivity index (χ4n) is 3.22. The number of carboxylic acids is 2. The summed E-state index contributed by atoms with van der Waals surface area (Å²) < 4.78 is 103. The van der Waals surface area contributed by atoms with Gasteiger partial charge in [-0.2, -0.15) is 39.5 Å². The number of alkyl halides is 9. The van der Waals surface area contributed by atoms with Crippen LogP contribution in [0.25, 0.3) is 0 Å². The lowest BCUT2D eigenvalue weighted by atomic mass is 10.1. The number of nitrogens with zero attached hydrogens (tertiary/aromatic N) is 1. The maximum absolute atomic E-state index is 12.4. The lowest BCUT2D eigenvalue weighted by molar-refractivity contribution is -0.168. The number of carboxylic acid groups (broad SMARTS) is 2. The number of piperazine rings is 1. The van der Waals surface area contributed by atoms with Gasteiger partial charge in [0.2, 0.25) is 0 Å². The highest BCUT2D eigenvalue weighted by Crippen LogP contribution is 2.30. The van der Waals surface area contributed by atoms with Crippen LogP contribution in [-0.2, 0) is 22.3 Å². The molecule has 6 nitrogen and oxygen atoms in total. The van der Waals surface area contributed by atoms with Crippen molar-refractivity contribution in [3.63, 3.8) is 0 Å². The van der Waals surface area contributed by atoms with Crippen LogP contribution in [0.5, 0.6) is 0 Å². The fraction of sp³-hybridized carbons (Fsp3) is 0.579. The molecule has 0 radical (unpaired) electrons. The molecule has 2 fully saturated rings. The van der Waals surface area contributed by atoms with E-state index < -0.39 is 48.9 Å². The van der Waals surface area contributed by atoms with Gasteiger partial charge in [0.15, 0.2) is 0 Å². The van der Waals surface area contributed by atoms with E-state index in [0.717, 1.165) is 25.2 Å². The Morgan fingerprint density at radius 2 is 1.35 bits per heavy atom. The van der Waals surface area contributed by atoms with Crippen LogP contribution in [0, 0.1) is 0 Å². The number of nitrogens with one attached hydrogen (secondary N) is 1. The maximum Gasteiger partial charge on any atom is 0.416 e. The molecular formula is C19H21F9N2O4. The van der Waals surface area contributed by atoms with Crippen LogP contribution < -0.4 is 5.32 Å². The van der Waals surface area contributed by atoms with Crippen molar-refractivity contribution in [3.05, 3.63) is 35.4 Å². The Morgan fingerprint density at radius 1 is 0.882 bits per heavy atom. The van der Waals surface area contributed by atoms with Gasteiger partial charge in [-0.25, -0.2) is 0 Å². The van der Waals surface area contributed by atoms with Gasteiger partial charge in [-0.05, 0) is 24.1 Å². The number of halogens is 9. The minimum atomic E-state index is -4.58. The van der Waals surface area contributed by atoms with Gasteiger partial charge in [-0.1, -0.05) is 12.1 Å². The average Bonchev–Trinajstić information content (AvgIpc) is 3.21. The van der Waals surface area contributed by atoms with Gasteiger partial charge in [0.25, 0.3) is 0 Å². The molecule has 0 amide bonds. The minimum Gasteiger partial charge on any atom is -0.481 e. The van der Waals surface area contributed by atoms with Crippen LogP contribution in [-0.4, -0.2) is 64.6 Å². The third-order valence-electron chi connectivity index (χ3n) is 4.54. The molecule has 0 spiro atoms. The van der Waals surface area contributed by atoms with Crippen LogP contribution in [0.3, 0.4) is 0 Å². The lowest BCUT2D eigenvalue weighted by Gasteiger charge is -2.27. The monoisotopic (exact) mass is 512 g/mol. The molecule has 34 heavy (non-hydrogen) atoms. The number of aliphatic carboxylic acids is 2. The van der Waals surface area contributed by atoms with Crippen molar-refractivity contribution in [2.45, 2.75) is 56.4 Å². The Morgan fingerprint density at radius 3 is 1.62 bits per heavy atom. The van der Waals surface area contributed by atoms with E-state index >= 15 is 0 Å². The van der Waals surface area contributed by atoms with E-state index in [-0.39, 0.29) is 0 Å². The zero-order chi connectivity index (χ0) is 26.3. The van der Waals surface area contributed by atoms with Crippen LogP contribution in [0.15, 0.2) is 24.3 Å². The fourth-order valence-corrected chi connectivity index (χ4v) is 3.22. The van der Waals surface area contributed by atoms with Crippen molar-refractivity contribution in [1.29, 1.82) is 0 Å². The standard InChI is InChI=1S/C13H15F3N2.2C3H3F3O2/c14-13(15,16)10-3-1-9(2-4-10)7-18-8-11-5-12(18)6-17-11;2*4-3(5,6)1-2(7)8/h1-4,11-12,17H,5-8H2;2*1H2,(H,7,8)/t11-,12-;;/m0../s1. The smallest absolute Gasteiger partial charge is 0.416 e. The molecule has 2 aliphatic heterocycles. The number of benzene rings is 1. The summed E-state index contributed by atoms with van der Waals surface area (Å²) in [6.07, 6.45) is -15.7. The van der Waals surface area contributed by atoms with E-state index in [0.29, 0.717) is 12.1 Å². The number of fused-ring (bicyclic) bond motifs is 2. The van der Waals surface area contributed by atoms with Crippen molar-refractivity contribution in [3.8, 4) is 0 Å². The zero-order valence-electron chi connectivity index (χ0n) is 17.3. The second-order valence-corrected chi connectivity index (χ2v) is 7.49. The van der Waals surface area contributed by atoms with Crippen LogP contribution in [0.1, 0.15) is 30.4 Å². The maximum atomic E-state index is 12.4. The Labute approximate surface area is 187 Å². The van der Waals surface area contributed by atoms with E-state index in [9.17, 15) is 49.1 Å². The van der Waals surface area contributed by atoms with Gasteiger partial charge in [0.1, 0.15) is 12.8 Å². The molecule has 2 bridgehead atoms. The topological polar surface area (TPSA) is 89.9 Å². The molecule has 0 aromatic heterocycles. The predicted octanol–water partition coefficient (Wildman–Crippen LogP) is 4.30. The highest BCUT2D eigenvalue weighted by molar-refractivity contribution is 5.67. The first kappa shape index (κ1) is 29.5. The van der Waals surface area contributed by atoms with Crippen molar-refractivity contribution in [2.75, 3.05) is 13.1 Å². The second kappa shape index (κ2) is 11.7. The van der Waals surface area contributed by atoms with Crippen molar-refractivity contribution in [1.82, 2.24) is 10.2 Å². The molecule has 2 heterocycles. The molecule has 1 aromatic rings. The van der Waals surface area contributed by atoms with Crippen LogP contribution in [0.4, 0.5) is 39.5 Å². The van der Waals surface area contributed by atoms with E-state index in [1.165, 1.54) is 18.6 Å². The quantitative estimate of drug-likeness (QED) is 0.522. The zero-order valence-corrected chi connectivity index (χ0v) is 17.3. The molecule has 2 atom stereocenters. The van der Waals surface area contributed by atoms with Crippen LogP contribution in [0.2, 0.25) is 0 Å². The molecule has 2 saturated heterocycles. The largest absolute Gasteiger partial charge is 0.481 e. The molecule has 3 N–H and O–H groups in total. The molecule has 194 valence electrons. The van der Waals surface area contributed by atoms with E-state index in [2.05, 4.69) is 10.2 Å². The first-order valence-electron chi connectivity index (χ1n) is 9.56. The summed E-state index contributed by atoms with van der Waals surface area (Å²) in [5, 5.41) is 18.5. The Kier molecular flexibility index (Phi) is 10.2. The molecule has 2 aliphatic rings. The molecule has 1 aromatic carbocycles. The highest BCUT2D eigenvalue weighted by Gasteiger charge is 2.37. The second-order valence-electron chi connectivity index (χ2n) is 7.49. The normalized spacial score (nSPS) is 20.1. The molecule has 0 unspecified atom stereocenters. The van der Waals surface area contributed by atoms with Gasteiger partial charge >= 0.3 is 30.5 Å². The summed E-state index contributed by atoms with van der Waals surface area (Å²) in [7, 11) is 0. The van der Waals surface area contributed by atoms with Crippen molar-refractivity contribution in [2.24, 2.45) is 0 Å². The van der Waals surface area contributed by atoms with Crippen molar-refractivity contribution >= 4 is 11.9 Å². The third kappa shape index (κ3) is 12.1. The van der Waals surface area contributed by atoms with Gasteiger partial charge in [0, 0.05) is 31.7 Å². The van der Waals surface area contributed by atoms with E-state index in [1.807, 2.05) is 0 Å². The van der Waals surface area contributed by atoms with E-state index in [4.69, 9.17) is 10.2 Å². The number of hydrogen-bond acceptors (Lipinski definition) is 4. The van der Waals surface area contributed by atoms with Crippen molar-refractivity contribution < 1.29 is 59.3 Å². The number of likely N-dealkylation sites (tertiary alicyclic amines) is 1. The molecule has 0 aliphatic carbocycles.